The summed E-state index contributed by atoms with van der Waals surface area (Å²) in [5, 5.41) is 11.3. The molecule has 1 N–H and O–H groups in total. The molecular weight excluding hydrogens is 350 g/mol. The summed E-state index contributed by atoms with van der Waals surface area (Å²) < 4.78 is 0. The van der Waals surface area contributed by atoms with Gasteiger partial charge in [-0.25, -0.2) is 0 Å². The zero-order chi connectivity index (χ0) is 19.7. The van der Waals surface area contributed by atoms with E-state index in [9.17, 15) is 9.59 Å². The minimum absolute atomic E-state index is 0.0571. The molecule has 4 heteroatoms. The van der Waals surface area contributed by atoms with Gasteiger partial charge in [0.2, 0.25) is 5.91 Å². The Kier molecular flexibility index (Phi) is 4.86. The maximum absolute atomic E-state index is 13.4. The number of rotatable bonds is 5. The third-order valence-corrected chi connectivity index (χ3v) is 5.70. The van der Waals surface area contributed by atoms with Crippen molar-refractivity contribution in [3.05, 3.63) is 77.9 Å². The Balaban J connectivity index is 1.65. The largest absolute Gasteiger partial charge is 0.481 e. The first-order valence-corrected chi connectivity index (χ1v) is 9.66. The third-order valence-electron chi connectivity index (χ3n) is 5.70. The maximum Gasteiger partial charge on any atom is 0.303 e. The number of amides is 1. The van der Waals surface area contributed by atoms with Gasteiger partial charge < -0.3 is 10.0 Å². The van der Waals surface area contributed by atoms with Crippen LogP contribution in [0.3, 0.4) is 0 Å². The second-order valence-electron chi connectivity index (χ2n) is 7.43. The van der Waals surface area contributed by atoms with Gasteiger partial charge in [-0.3, -0.25) is 9.59 Å². The summed E-state index contributed by atoms with van der Waals surface area (Å²) in [7, 11) is 0. The van der Waals surface area contributed by atoms with Crippen molar-refractivity contribution in [2.24, 2.45) is 0 Å². The van der Waals surface area contributed by atoms with E-state index in [-0.39, 0.29) is 24.2 Å². The van der Waals surface area contributed by atoms with Crippen LogP contribution in [0.4, 0.5) is 5.69 Å². The van der Waals surface area contributed by atoms with Crippen LogP contribution in [0.15, 0.2) is 66.7 Å². The molecule has 28 heavy (non-hydrogen) atoms. The van der Waals surface area contributed by atoms with Crippen molar-refractivity contribution >= 4 is 28.3 Å². The molecule has 2 atom stereocenters. The fraction of sp³-hybridized carbons (Fsp3) is 0.250. The summed E-state index contributed by atoms with van der Waals surface area (Å²) in [5.41, 5.74) is 3.01. The number of hydrogen-bond donors (Lipinski definition) is 1. The lowest BCUT2D eigenvalue weighted by Gasteiger charge is -2.23. The number of para-hydroxylation sites is 1. The van der Waals surface area contributed by atoms with Crippen molar-refractivity contribution in [3.63, 3.8) is 0 Å². The number of carbonyl (C=O) groups excluding carboxylic acids is 1. The summed E-state index contributed by atoms with van der Waals surface area (Å²) in [6.45, 7) is 2.50. The van der Waals surface area contributed by atoms with Gasteiger partial charge in [0.25, 0.3) is 0 Å². The van der Waals surface area contributed by atoms with Crippen LogP contribution in [0, 0.1) is 0 Å². The van der Waals surface area contributed by atoms with E-state index in [1.54, 1.807) is 0 Å². The molecular formula is C24H23NO3. The molecule has 0 spiro atoms. The van der Waals surface area contributed by atoms with Crippen LogP contribution in [0.5, 0.6) is 0 Å². The normalized spacial score (nSPS) is 16.8. The summed E-state index contributed by atoms with van der Waals surface area (Å²) in [5.74, 6) is -0.957. The van der Waals surface area contributed by atoms with E-state index in [4.69, 9.17) is 5.11 Å². The lowest BCUT2D eigenvalue weighted by atomic mass is 9.93. The molecule has 142 valence electrons. The number of carbonyl (C=O) groups is 2. The van der Waals surface area contributed by atoms with Crippen molar-refractivity contribution in [3.8, 4) is 0 Å². The Morgan fingerprint density at radius 3 is 2.57 bits per heavy atom. The number of carboxylic acids is 1. The standard InChI is InChI=1S/C24H23NO3/c1-16(19-11-6-8-17-7-2-3-9-20(17)19)24(28)25-15-18(13-14-23(26)27)21-10-4-5-12-22(21)25/h2-12,16,18H,13-15H2,1H3,(H,26,27). The Morgan fingerprint density at radius 1 is 1.04 bits per heavy atom. The number of benzene rings is 3. The van der Waals surface area contributed by atoms with Crippen molar-refractivity contribution < 1.29 is 14.7 Å². The van der Waals surface area contributed by atoms with E-state index in [1.165, 1.54) is 0 Å². The van der Waals surface area contributed by atoms with E-state index in [2.05, 4.69) is 18.2 Å². The lowest BCUT2D eigenvalue weighted by molar-refractivity contribution is -0.137. The highest BCUT2D eigenvalue weighted by molar-refractivity contribution is 6.02. The monoisotopic (exact) mass is 373 g/mol. The number of carboxylic acid groups (broad SMARTS) is 1. The molecule has 1 amide bonds. The number of fused-ring (bicyclic) bond motifs is 2. The van der Waals surface area contributed by atoms with Crippen LogP contribution in [-0.4, -0.2) is 23.5 Å². The maximum atomic E-state index is 13.4. The van der Waals surface area contributed by atoms with Crippen molar-refractivity contribution in [1.29, 1.82) is 0 Å². The lowest BCUT2D eigenvalue weighted by Crippen LogP contribution is -2.33. The minimum atomic E-state index is -0.800. The second-order valence-corrected chi connectivity index (χ2v) is 7.43. The molecule has 4 nitrogen and oxygen atoms in total. The van der Waals surface area contributed by atoms with E-state index < -0.39 is 5.97 Å². The molecule has 0 bridgehead atoms. The molecule has 1 aliphatic rings. The molecule has 1 heterocycles. The molecule has 0 saturated heterocycles. The topological polar surface area (TPSA) is 57.6 Å². The highest BCUT2D eigenvalue weighted by Crippen LogP contribution is 2.40. The first-order valence-electron chi connectivity index (χ1n) is 9.66. The fourth-order valence-corrected chi connectivity index (χ4v) is 4.24. The van der Waals surface area contributed by atoms with Gasteiger partial charge >= 0.3 is 5.97 Å². The highest BCUT2D eigenvalue weighted by Gasteiger charge is 2.34. The fourth-order valence-electron chi connectivity index (χ4n) is 4.24. The average molecular weight is 373 g/mol. The summed E-state index contributed by atoms with van der Waals surface area (Å²) >= 11 is 0. The summed E-state index contributed by atoms with van der Waals surface area (Å²) in [6, 6.07) is 22.0. The van der Waals surface area contributed by atoms with Crippen LogP contribution in [0.25, 0.3) is 10.8 Å². The smallest absolute Gasteiger partial charge is 0.303 e. The van der Waals surface area contributed by atoms with Gasteiger partial charge in [0.1, 0.15) is 0 Å². The number of nitrogens with zero attached hydrogens (tertiary/aromatic N) is 1. The van der Waals surface area contributed by atoms with Gasteiger partial charge in [-0.05, 0) is 41.3 Å². The van der Waals surface area contributed by atoms with Crippen LogP contribution in [0.2, 0.25) is 0 Å². The van der Waals surface area contributed by atoms with Gasteiger partial charge in [-0.15, -0.1) is 0 Å². The minimum Gasteiger partial charge on any atom is -0.481 e. The Bertz CT molecular complexity index is 1040. The predicted octanol–water partition coefficient (Wildman–Crippen LogP) is 4.94. The molecule has 4 rings (SSSR count). The first-order chi connectivity index (χ1) is 13.6. The zero-order valence-electron chi connectivity index (χ0n) is 15.8. The van der Waals surface area contributed by atoms with E-state index in [1.807, 2.05) is 60.4 Å². The van der Waals surface area contributed by atoms with Crippen LogP contribution >= 0.6 is 0 Å². The molecule has 3 aromatic carbocycles. The molecule has 0 aliphatic carbocycles. The molecule has 0 aromatic heterocycles. The number of anilines is 1. The molecule has 3 aromatic rings. The third kappa shape index (κ3) is 3.26. The molecule has 0 saturated carbocycles. The van der Waals surface area contributed by atoms with Crippen molar-refractivity contribution in [1.82, 2.24) is 0 Å². The van der Waals surface area contributed by atoms with Crippen LogP contribution in [-0.2, 0) is 9.59 Å². The number of hydrogen-bond acceptors (Lipinski definition) is 2. The first kappa shape index (κ1) is 18.2. The predicted molar refractivity (Wildman–Crippen MR) is 111 cm³/mol. The van der Waals surface area contributed by atoms with Gasteiger partial charge in [0.15, 0.2) is 0 Å². The van der Waals surface area contributed by atoms with Crippen molar-refractivity contribution in [2.45, 2.75) is 31.6 Å². The zero-order valence-corrected chi connectivity index (χ0v) is 15.8. The van der Waals surface area contributed by atoms with E-state index in [0.717, 1.165) is 27.6 Å². The van der Waals surface area contributed by atoms with E-state index in [0.29, 0.717) is 13.0 Å². The SMILES string of the molecule is CC(C(=O)N1CC(CCC(=O)O)c2ccccc21)c1cccc2ccccc12. The van der Waals surface area contributed by atoms with Gasteiger partial charge in [0.05, 0.1) is 5.92 Å². The van der Waals surface area contributed by atoms with Crippen LogP contribution < -0.4 is 4.90 Å². The Labute approximate surface area is 164 Å². The summed E-state index contributed by atoms with van der Waals surface area (Å²) in [4.78, 5) is 26.3. The Hall–Kier alpha value is -3.14. The van der Waals surface area contributed by atoms with Gasteiger partial charge in [-0.1, -0.05) is 60.7 Å². The molecule has 0 radical (unpaired) electrons. The van der Waals surface area contributed by atoms with E-state index >= 15 is 0 Å². The Morgan fingerprint density at radius 2 is 1.75 bits per heavy atom. The van der Waals surface area contributed by atoms with Crippen LogP contribution in [0.1, 0.15) is 42.7 Å². The molecule has 2 unspecified atom stereocenters. The molecule has 0 fully saturated rings. The van der Waals surface area contributed by atoms with Gasteiger partial charge in [-0.2, -0.15) is 0 Å². The summed E-state index contributed by atoms with van der Waals surface area (Å²) in [6.07, 6.45) is 0.651. The quantitative estimate of drug-likeness (QED) is 0.689. The van der Waals surface area contributed by atoms with Crippen molar-refractivity contribution in [2.75, 3.05) is 11.4 Å². The molecule has 1 aliphatic heterocycles. The average Bonchev–Trinajstić information content (AvgIpc) is 3.09. The van der Waals surface area contributed by atoms with Gasteiger partial charge in [0, 0.05) is 24.6 Å². The second kappa shape index (κ2) is 7.47. The highest BCUT2D eigenvalue weighted by atomic mass is 16.4. The number of aliphatic carboxylic acids is 1.